The van der Waals surface area contributed by atoms with Crippen LogP contribution < -0.4 is 10.6 Å². The largest absolute Gasteiger partial charge is 0.445 e. The molecular formula is C28H26N2O3S. The van der Waals surface area contributed by atoms with Gasteiger partial charge in [-0.25, -0.2) is 4.79 Å². The minimum Gasteiger partial charge on any atom is -0.445 e. The quantitative estimate of drug-likeness (QED) is 0.315. The highest BCUT2D eigenvalue weighted by Gasteiger charge is 2.22. The van der Waals surface area contributed by atoms with Crippen LogP contribution in [0.3, 0.4) is 0 Å². The third kappa shape index (κ3) is 6.86. The van der Waals surface area contributed by atoms with Gasteiger partial charge in [-0.15, -0.1) is 0 Å². The second-order valence-electron chi connectivity index (χ2n) is 7.81. The van der Waals surface area contributed by atoms with Crippen molar-refractivity contribution in [2.24, 2.45) is 0 Å². The molecule has 6 heteroatoms. The van der Waals surface area contributed by atoms with Crippen LogP contribution in [0.4, 0.5) is 10.5 Å². The van der Waals surface area contributed by atoms with Crippen molar-refractivity contribution in [1.29, 1.82) is 0 Å². The lowest BCUT2D eigenvalue weighted by molar-refractivity contribution is -0.117. The van der Waals surface area contributed by atoms with Gasteiger partial charge in [0.25, 0.3) is 0 Å². The number of benzene rings is 4. The third-order valence-corrected chi connectivity index (χ3v) is 6.34. The number of alkyl carbamates (subject to hydrolysis) is 1. The zero-order valence-corrected chi connectivity index (χ0v) is 19.5. The van der Waals surface area contributed by atoms with Gasteiger partial charge < -0.3 is 15.4 Å². The number of anilines is 1. The Morgan fingerprint density at radius 3 is 2.15 bits per heavy atom. The van der Waals surface area contributed by atoms with Crippen LogP contribution in [0.2, 0.25) is 0 Å². The van der Waals surface area contributed by atoms with E-state index in [4.69, 9.17) is 4.74 Å². The Hall–Kier alpha value is -3.77. The molecule has 5 nitrogen and oxygen atoms in total. The van der Waals surface area contributed by atoms with E-state index in [1.54, 1.807) is 11.8 Å². The molecule has 0 fully saturated rings. The predicted octanol–water partition coefficient (Wildman–Crippen LogP) is 6.01. The number of hydrogen-bond donors (Lipinski definition) is 2. The Labute approximate surface area is 203 Å². The summed E-state index contributed by atoms with van der Waals surface area (Å²) in [5.74, 6) is 0.864. The summed E-state index contributed by atoms with van der Waals surface area (Å²) in [6.45, 7) is 0.142. The Morgan fingerprint density at radius 2 is 1.41 bits per heavy atom. The molecule has 0 spiro atoms. The van der Waals surface area contributed by atoms with Crippen molar-refractivity contribution in [3.05, 3.63) is 114 Å². The van der Waals surface area contributed by atoms with Gasteiger partial charge in [0.15, 0.2) is 0 Å². The maximum Gasteiger partial charge on any atom is 0.408 e. The molecule has 172 valence electrons. The van der Waals surface area contributed by atoms with Crippen LogP contribution in [0.25, 0.3) is 10.8 Å². The van der Waals surface area contributed by atoms with E-state index in [9.17, 15) is 9.59 Å². The summed E-state index contributed by atoms with van der Waals surface area (Å²) in [6.07, 6.45) is -0.622. The van der Waals surface area contributed by atoms with Crippen LogP contribution >= 0.6 is 11.8 Å². The monoisotopic (exact) mass is 470 g/mol. The molecule has 1 unspecified atom stereocenters. The molecule has 0 heterocycles. The molecule has 0 saturated carbocycles. The first kappa shape index (κ1) is 23.4. The topological polar surface area (TPSA) is 67.4 Å². The van der Waals surface area contributed by atoms with E-state index in [1.165, 1.54) is 0 Å². The van der Waals surface area contributed by atoms with E-state index >= 15 is 0 Å². The van der Waals surface area contributed by atoms with Crippen LogP contribution in [-0.4, -0.2) is 23.8 Å². The standard InChI is InChI=1S/C28H26N2O3S/c31-27(29-25-16-15-23-13-7-8-14-24(23)17-25)26(20-34-19-22-11-5-2-6-12-22)30-28(32)33-18-21-9-3-1-4-10-21/h1-17,26H,18-20H2,(H,29,31)(H,30,32). The smallest absolute Gasteiger partial charge is 0.408 e. The number of nitrogens with one attached hydrogen (secondary N) is 2. The summed E-state index contributed by atoms with van der Waals surface area (Å²) < 4.78 is 5.34. The molecule has 4 aromatic carbocycles. The molecule has 0 bridgehead atoms. The number of hydrogen-bond acceptors (Lipinski definition) is 4. The van der Waals surface area contributed by atoms with Gasteiger partial charge in [0.1, 0.15) is 12.6 Å². The third-order valence-electron chi connectivity index (χ3n) is 5.23. The molecule has 4 aromatic rings. The van der Waals surface area contributed by atoms with Crippen molar-refractivity contribution in [2.75, 3.05) is 11.1 Å². The Bertz CT molecular complexity index is 1230. The summed E-state index contributed by atoms with van der Waals surface area (Å²) in [5.41, 5.74) is 2.72. The minimum atomic E-state index is -0.747. The average molecular weight is 471 g/mol. The molecular weight excluding hydrogens is 444 g/mol. The normalized spacial score (nSPS) is 11.5. The minimum absolute atomic E-state index is 0.142. The van der Waals surface area contributed by atoms with Gasteiger partial charge >= 0.3 is 6.09 Å². The first-order valence-corrected chi connectivity index (χ1v) is 12.2. The molecule has 0 aliphatic rings. The van der Waals surface area contributed by atoms with Crippen LogP contribution in [0.5, 0.6) is 0 Å². The summed E-state index contributed by atoms with van der Waals surface area (Å²) in [6, 6.07) is 32.4. The van der Waals surface area contributed by atoms with Gasteiger partial charge in [0, 0.05) is 17.2 Å². The van der Waals surface area contributed by atoms with Crippen molar-refractivity contribution < 1.29 is 14.3 Å². The lowest BCUT2D eigenvalue weighted by atomic mass is 10.1. The van der Waals surface area contributed by atoms with Gasteiger partial charge in [-0.05, 0) is 34.0 Å². The zero-order valence-electron chi connectivity index (χ0n) is 18.6. The van der Waals surface area contributed by atoms with E-state index < -0.39 is 12.1 Å². The van der Waals surface area contributed by atoms with Gasteiger partial charge in [-0.3, -0.25) is 4.79 Å². The highest BCUT2D eigenvalue weighted by molar-refractivity contribution is 7.98. The lowest BCUT2D eigenvalue weighted by Gasteiger charge is -2.18. The molecule has 1 atom stereocenters. The van der Waals surface area contributed by atoms with E-state index in [0.29, 0.717) is 11.4 Å². The van der Waals surface area contributed by atoms with Crippen LogP contribution in [0.1, 0.15) is 11.1 Å². The number of carbonyl (C=O) groups is 2. The number of thioether (sulfide) groups is 1. The van der Waals surface area contributed by atoms with Crippen molar-refractivity contribution in [2.45, 2.75) is 18.4 Å². The first-order chi connectivity index (χ1) is 16.7. The van der Waals surface area contributed by atoms with E-state index in [2.05, 4.69) is 10.6 Å². The van der Waals surface area contributed by atoms with Crippen LogP contribution in [0.15, 0.2) is 103 Å². The Balaban J connectivity index is 1.40. The SMILES string of the molecule is O=C(NC(CSCc1ccccc1)C(=O)Nc1ccc2ccccc2c1)OCc1ccccc1. The zero-order chi connectivity index (χ0) is 23.6. The number of amides is 2. The van der Waals surface area contributed by atoms with Crippen LogP contribution in [0, 0.1) is 0 Å². The molecule has 0 aromatic heterocycles. The number of fused-ring (bicyclic) bond motifs is 1. The van der Waals surface area contributed by atoms with Gasteiger partial charge in [-0.1, -0.05) is 91.0 Å². The van der Waals surface area contributed by atoms with E-state index in [1.807, 2.05) is 103 Å². The molecule has 2 amide bonds. The summed E-state index contributed by atoms with van der Waals surface area (Å²) in [5, 5.41) is 7.80. The van der Waals surface area contributed by atoms with Gasteiger partial charge in [0.05, 0.1) is 0 Å². The second kappa shape index (κ2) is 11.9. The maximum absolute atomic E-state index is 13.1. The van der Waals surface area contributed by atoms with E-state index in [0.717, 1.165) is 27.7 Å². The maximum atomic E-state index is 13.1. The number of carbonyl (C=O) groups excluding carboxylic acids is 2. The second-order valence-corrected chi connectivity index (χ2v) is 8.84. The van der Waals surface area contributed by atoms with Crippen molar-refractivity contribution in [1.82, 2.24) is 5.32 Å². The lowest BCUT2D eigenvalue weighted by Crippen LogP contribution is -2.45. The Morgan fingerprint density at radius 1 is 0.765 bits per heavy atom. The van der Waals surface area contributed by atoms with Crippen LogP contribution in [-0.2, 0) is 21.9 Å². The van der Waals surface area contributed by atoms with Gasteiger partial charge in [-0.2, -0.15) is 11.8 Å². The number of ether oxygens (including phenoxy) is 1. The fourth-order valence-electron chi connectivity index (χ4n) is 3.46. The molecule has 2 N–H and O–H groups in total. The fraction of sp³-hybridized carbons (Fsp3) is 0.143. The summed E-state index contributed by atoms with van der Waals surface area (Å²) >= 11 is 1.58. The molecule has 0 aliphatic heterocycles. The van der Waals surface area contributed by atoms with Crippen molar-refractivity contribution in [3.63, 3.8) is 0 Å². The van der Waals surface area contributed by atoms with Crippen molar-refractivity contribution >= 4 is 40.2 Å². The highest BCUT2D eigenvalue weighted by atomic mass is 32.2. The summed E-state index contributed by atoms with van der Waals surface area (Å²) in [7, 11) is 0. The molecule has 0 radical (unpaired) electrons. The molecule has 0 aliphatic carbocycles. The first-order valence-electron chi connectivity index (χ1n) is 11.1. The molecule has 34 heavy (non-hydrogen) atoms. The highest BCUT2D eigenvalue weighted by Crippen LogP contribution is 2.20. The van der Waals surface area contributed by atoms with Gasteiger partial charge in [0.2, 0.25) is 5.91 Å². The number of rotatable bonds is 9. The predicted molar refractivity (Wildman–Crippen MR) is 139 cm³/mol. The molecule has 0 saturated heterocycles. The molecule has 4 rings (SSSR count). The Kier molecular flexibility index (Phi) is 8.19. The van der Waals surface area contributed by atoms with Crippen molar-refractivity contribution in [3.8, 4) is 0 Å². The summed E-state index contributed by atoms with van der Waals surface area (Å²) in [4.78, 5) is 25.6. The fourth-order valence-corrected chi connectivity index (χ4v) is 4.47. The van der Waals surface area contributed by atoms with E-state index in [-0.39, 0.29) is 12.5 Å². The average Bonchev–Trinajstić information content (AvgIpc) is 2.88.